The van der Waals surface area contributed by atoms with Gasteiger partial charge < -0.3 is 5.73 Å². The van der Waals surface area contributed by atoms with E-state index in [0.717, 1.165) is 12.3 Å². The fraction of sp³-hybridized carbons (Fsp3) is 0.778. The van der Waals surface area contributed by atoms with E-state index in [-0.39, 0.29) is 6.04 Å². The van der Waals surface area contributed by atoms with Crippen LogP contribution in [0.3, 0.4) is 0 Å². The largest absolute Gasteiger partial charge is 0.327 e. The van der Waals surface area contributed by atoms with E-state index < -0.39 is 0 Å². The van der Waals surface area contributed by atoms with Gasteiger partial charge in [0.1, 0.15) is 0 Å². The van der Waals surface area contributed by atoms with Crippen LogP contribution in [0.25, 0.3) is 0 Å². The lowest BCUT2D eigenvalue weighted by Crippen LogP contribution is -2.27. The van der Waals surface area contributed by atoms with E-state index in [2.05, 4.69) is 5.92 Å². The number of nitrogens with two attached hydrogens (primary N) is 1. The molecule has 0 aliphatic heterocycles. The average molecular weight is 137 g/mol. The average Bonchev–Trinajstić information content (AvgIpc) is 2.38. The molecule has 1 fully saturated rings. The van der Waals surface area contributed by atoms with Crippen LogP contribution in [0.15, 0.2) is 0 Å². The Bertz CT molecular complexity index is 128. The first-order valence-corrected chi connectivity index (χ1v) is 4.03. The van der Waals surface area contributed by atoms with E-state index in [1.165, 1.54) is 25.7 Å². The summed E-state index contributed by atoms with van der Waals surface area (Å²) in [6.45, 7) is 0. The lowest BCUT2D eigenvalue weighted by molar-refractivity contribution is 0.438. The molecule has 0 radical (unpaired) electrons. The molecule has 1 aliphatic carbocycles. The number of hydrogen-bond donors (Lipinski definition) is 1. The minimum atomic E-state index is 0.271. The smallest absolute Gasteiger partial charge is 0.0241 e. The minimum absolute atomic E-state index is 0.271. The molecule has 0 aromatic carbocycles. The standard InChI is InChI=1S/C9H15N/c1-2-5-9(10)8-6-3-4-7-8/h1,8-9H,3-7,10H2. The second kappa shape index (κ2) is 3.63. The zero-order chi connectivity index (χ0) is 7.40. The Morgan fingerprint density at radius 3 is 2.60 bits per heavy atom. The van der Waals surface area contributed by atoms with E-state index in [9.17, 15) is 0 Å². The fourth-order valence-corrected chi connectivity index (χ4v) is 1.69. The van der Waals surface area contributed by atoms with Gasteiger partial charge in [-0.1, -0.05) is 12.8 Å². The summed E-state index contributed by atoms with van der Waals surface area (Å²) < 4.78 is 0. The Hall–Kier alpha value is -0.480. The summed E-state index contributed by atoms with van der Waals surface area (Å²) in [6.07, 6.45) is 11.2. The van der Waals surface area contributed by atoms with E-state index in [0.29, 0.717) is 0 Å². The topological polar surface area (TPSA) is 26.0 Å². The quantitative estimate of drug-likeness (QED) is 0.574. The van der Waals surface area contributed by atoms with Gasteiger partial charge in [-0.3, -0.25) is 0 Å². The second-order valence-corrected chi connectivity index (χ2v) is 3.12. The van der Waals surface area contributed by atoms with Crippen molar-refractivity contribution in [2.24, 2.45) is 11.7 Å². The second-order valence-electron chi connectivity index (χ2n) is 3.12. The highest BCUT2D eigenvalue weighted by Crippen LogP contribution is 2.27. The van der Waals surface area contributed by atoms with Crippen LogP contribution in [0.1, 0.15) is 32.1 Å². The summed E-state index contributed by atoms with van der Waals surface area (Å²) in [6, 6.07) is 0.271. The summed E-state index contributed by atoms with van der Waals surface area (Å²) in [5.41, 5.74) is 5.85. The highest BCUT2D eigenvalue weighted by molar-refractivity contribution is 4.92. The molecule has 0 aromatic rings. The maximum atomic E-state index is 5.85. The van der Waals surface area contributed by atoms with Gasteiger partial charge in [0.2, 0.25) is 0 Å². The van der Waals surface area contributed by atoms with Gasteiger partial charge in [-0.05, 0) is 18.8 Å². The highest BCUT2D eigenvalue weighted by Gasteiger charge is 2.20. The van der Waals surface area contributed by atoms with Crippen molar-refractivity contribution in [3.63, 3.8) is 0 Å². The van der Waals surface area contributed by atoms with Crippen LogP contribution in [0, 0.1) is 18.3 Å². The predicted octanol–water partition coefficient (Wildman–Crippen LogP) is 1.53. The van der Waals surface area contributed by atoms with E-state index in [4.69, 9.17) is 12.2 Å². The summed E-state index contributed by atoms with van der Waals surface area (Å²) >= 11 is 0. The third kappa shape index (κ3) is 1.75. The van der Waals surface area contributed by atoms with Crippen molar-refractivity contribution in [2.75, 3.05) is 0 Å². The Labute approximate surface area is 63.0 Å². The molecule has 0 saturated heterocycles. The Balaban J connectivity index is 2.26. The predicted molar refractivity (Wildman–Crippen MR) is 43.4 cm³/mol. The summed E-state index contributed by atoms with van der Waals surface area (Å²) in [5, 5.41) is 0. The van der Waals surface area contributed by atoms with Gasteiger partial charge in [0.05, 0.1) is 0 Å². The van der Waals surface area contributed by atoms with Crippen LogP contribution in [-0.4, -0.2) is 6.04 Å². The van der Waals surface area contributed by atoms with Gasteiger partial charge in [0.15, 0.2) is 0 Å². The molecule has 0 bridgehead atoms. The maximum Gasteiger partial charge on any atom is 0.0241 e. The molecule has 0 amide bonds. The Morgan fingerprint density at radius 1 is 1.50 bits per heavy atom. The van der Waals surface area contributed by atoms with Crippen molar-refractivity contribution in [1.82, 2.24) is 0 Å². The third-order valence-corrected chi connectivity index (χ3v) is 2.36. The van der Waals surface area contributed by atoms with Crippen molar-refractivity contribution in [3.8, 4) is 12.3 Å². The first-order valence-electron chi connectivity index (χ1n) is 4.03. The van der Waals surface area contributed by atoms with E-state index >= 15 is 0 Å². The summed E-state index contributed by atoms with van der Waals surface area (Å²) in [5.74, 6) is 3.34. The van der Waals surface area contributed by atoms with E-state index in [1.807, 2.05) is 0 Å². The molecule has 1 rings (SSSR count). The monoisotopic (exact) mass is 137 g/mol. The molecule has 1 aliphatic rings. The zero-order valence-corrected chi connectivity index (χ0v) is 6.34. The third-order valence-electron chi connectivity index (χ3n) is 2.36. The number of terminal acetylenes is 1. The summed E-state index contributed by atoms with van der Waals surface area (Å²) in [4.78, 5) is 0. The molecule has 0 heterocycles. The number of hydrogen-bond acceptors (Lipinski definition) is 1. The molecule has 0 aromatic heterocycles. The van der Waals surface area contributed by atoms with Crippen molar-refractivity contribution < 1.29 is 0 Å². The van der Waals surface area contributed by atoms with Crippen molar-refractivity contribution in [1.29, 1.82) is 0 Å². The maximum absolute atomic E-state index is 5.85. The Kier molecular flexibility index (Phi) is 2.77. The molecular formula is C9H15N. The molecule has 1 atom stereocenters. The highest BCUT2D eigenvalue weighted by atomic mass is 14.6. The Morgan fingerprint density at radius 2 is 2.10 bits per heavy atom. The molecule has 1 nitrogen and oxygen atoms in total. The van der Waals surface area contributed by atoms with Crippen LogP contribution < -0.4 is 5.73 Å². The van der Waals surface area contributed by atoms with Crippen molar-refractivity contribution in [2.45, 2.75) is 38.1 Å². The summed E-state index contributed by atoms with van der Waals surface area (Å²) in [7, 11) is 0. The van der Waals surface area contributed by atoms with Gasteiger partial charge in [0, 0.05) is 12.5 Å². The van der Waals surface area contributed by atoms with Gasteiger partial charge in [-0.25, -0.2) is 0 Å². The first kappa shape index (κ1) is 7.63. The van der Waals surface area contributed by atoms with Crippen LogP contribution in [0.5, 0.6) is 0 Å². The van der Waals surface area contributed by atoms with Crippen LogP contribution in [-0.2, 0) is 0 Å². The van der Waals surface area contributed by atoms with Crippen molar-refractivity contribution in [3.05, 3.63) is 0 Å². The molecule has 1 unspecified atom stereocenters. The van der Waals surface area contributed by atoms with Crippen molar-refractivity contribution >= 4 is 0 Å². The lowest BCUT2D eigenvalue weighted by atomic mass is 9.97. The fourth-order valence-electron chi connectivity index (χ4n) is 1.69. The van der Waals surface area contributed by atoms with Crippen LogP contribution in [0.4, 0.5) is 0 Å². The molecule has 2 N–H and O–H groups in total. The molecular weight excluding hydrogens is 122 g/mol. The first-order chi connectivity index (χ1) is 4.84. The van der Waals surface area contributed by atoms with Gasteiger partial charge in [-0.2, -0.15) is 0 Å². The molecule has 1 saturated carbocycles. The van der Waals surface area contributed by atoms with E-state index in [1.54, 1.807) is 0 Å². The van der Waals surface area contributed by atoms with Crippen LogP contribution in [0.2, 0.25) is 0 Å². The molecule has 10 heavy (non-hydrogen) atoms. The SMILES string of the molecule is C#CCC(N)C1CCCC1. The normalized spacial score (nSPS) is 22.4. The van der Waals surface area contributed by atoms with Gasteiger partial charge >= 0.3 is 0 Å². The van der Waals surface area contributed by atoms with Gasteiger partial charge in [0.25, 0.3) is 0 Å². The molecule has 1 heteroatoms. The zero-order valence-electron chi connectivity index (χ0n) is 6.34. The lowest BCUT2D eigenvalue weighted by Gasteiger charge is -2.15. The minimum Gasteiger partial charge on any atom is -0.327 e. The molecule has 56 valence electrons. The van der Waals surface area contributed by atoms with Gasteiger partial charge in [-0.15, -0.1) is 12.3 Å². The molecule has 0 spiro atoms. The number of rotatable bonds is 2. The van der Waals surface area contributed by atoms with Crippen LogP contribution >= 0.6 is 0 Å².